The van der Waals surface area contributed by atoms with Gasteiger partial charge in [0.2, 0.25) is 0 Å². The van der Waals surface area contributed by atoms with Gasteiger partial charge in [0.15, 0.2) is 17.4 Å². The number of hydrogen-bond acceptors (Lipinski definition) is 2. The number of ether oxygens (including phenoxy) is 2. The lowest BCUT2D eigenvalue weighted by atomic mass is 9.78. The molecule has 0 atom stereocenters. The van der Waals surface area contributed by atoms with Crippen molar-refractivity contribution in [2.24, 2.45) is 11.8 Å². The van der Waals surface area contributed by atoms with E-state index in [0.717, 1.165) is 24.3 Å². The second kappa shape index (κ2) is 11.2. The van der Waals surface area contributed by atoms with E-state index >= 15 is 0 Å². The highest BCUT2D eigenvalue weighted by Crippen LogP contribution is 2.36. The van der Waals surface area contributed by atoms with Crippen molar-refractivity contribution in [2.75, 3.05) is 0 Å². The Morgan fingerprint density at radius 2 is 1.45 bits per heavy atom. The largest absolute Gasteiger partial charge is 0.429 e. The van der Waals surface area contributed by atoms with Gasteiger partial charge in [0, 0.05) is 12.1 Å². The number of halogens is 6. The summed E-state index contributed by atoms with van der Waals surface area (Å²) in [5, 5.41) is 0. The van der Waals surface area contributed by atoms with E-state index in [4.69, 9.17) is 0 Å². The van der Waals surface area contributed by atoms with Gasteiger partial charge in [-0.3, -0.25) is 0 Å². The molecule has 2 nitrogen and oxygen atoms in total. The van der Waals surface area contributed by atoms with E-state index < -0.39 is 41.4 Å². The highest BCUT2D eigenvalue weighted by Gasteiger charge is 2.35. The Bertz CT molecular complexity index is 869. The summed E-state index contributed by atoms with van der Waals surface area (Å²) in [4.78, 5) is 0. The highest BCUT2D eigenvalue weighted by molar-refractivity contribution is 5.36. The fourth-order valence-corrected chi connectivity index (χ4v) is 4.46. The van der Waals surface area contributed by atoms with Crippen molar-refractivity contribution in [3.63, 3.8) is 0 Å². The first kappa shape index (κ1) is 25.2. The third kappa shape index (κ3) is 7.05. The second-order valence-corrected chi connectivity index (χ2v) is 8.62. The van der Waals surface area contributed by atoms with Crippen molar-refractivity contribution in [1.82, 2.24) is 0 Å². The molecule has 0 amide bonds. The van der Waals surface area contributed by atoms with Crippen LogP contribution in [0.4, 0.5) is 26.3 Å². The lowest BCUT2D eigenvalue weighted by Gasteiger charge is -2.28. The molecule has 1 saturated carbocycles. The smallest absolute Gasteiger partial charge is 0.426 e. The first-order chi connectivity index (χ1) is 15.7. The van der Waals surface area contributed by atoms with Gasteiger partial charge in [-0.2, -0.15) is 17.6 Å². The third-order valence-corrected chi connectivity index (χ3v) is 6.22. The van der Waals surface area contributed by atoms with E-state index in [0.29, 0.717) is 18.1 Å². The minimum absolute atomic E-state index is 0.373. The van der Waals surface area contributed by atoms with Crippen LogP contribution in [0.1, 0.15) is 63.0 Å². The minimum atomic E-state index is -3.87. The standard InChI is InChI=1S/C25H28F6O2/c1-2-3-16-4-6-17(7-5-16)8-9-18-10-12-19(13-11-18)25(30,31)33-20-14-21(26)23(22(27)15-20)32-24(28)29/h10-17,24H,2-9H2,1H3. The first-order valence-electron chi connectivity index (χ1n) is 11.3. The molecule has 182 valence electrons. The van der Waals surface area contributed by atoms with Crippen molar-refractivity contribution >= 4 is 0 Å². The summed E-state index contributed by atoms with van der Waals surface area (Å²) in [6.07, 6.45) is 5.38. The van der Waals surface area contributed by atoms with Crippen molar-refractivity contribution < 1.29 is 35.8 Å². The van der Waals surface area contributed by atoms with Gasteiger partial charge in [0.1, 0.15) is 5.75 Å². The van der Waals surface area contributed by atoms with Crippen molar-refractivity contribution in [1.29, 1.82) is 0 Å². The maximum atomic E-state index is 14.5. The van der Waals surface area contributed by atoms with Crippen LogP contribution >= 0.6 is 0 Å². The molecule has 0 saturated heterocycles. The van der Waals surface area contributed by atoms with E-state index in [1.807, 2.05) is 0 Å². The maximum absolute atomic E-state index is 14.5. The fraction of sp³-hybridized carbons (Fsp3) is 0.520. The summed E-state index contributed by atoms with van der Waals surface area (Å²) in [6, 6.07) is 6.37. The average molecular weight is 474 g/mol. The van der Waals surface area contributed by atoms with E-state index in [2.05, 4.69) is 16.4 Å². The van der Waals surface area contributed by atoms with E-state index in [1.54, 1.807) is 12.1 Å². The Kier molecular flexibility index (Phi) is 8.54. The normalized spacial score (nSPS) is 19.0. The van der Waals surface area contributed by atoms with Gasteiger partial charge in [-0.25, -0.2) is 8.78 Å². The van der Waals surface area contributed by atoms with Crippen LogP contribution in [0.5, 0.6) is 11.5 Å². The summed E-state index contributed by atoms with van der Waals surface area (Å²) >= 11 is 0. The van der Waals surface area contributed by atoms with Gasteiger partial charge in [0.05, 0.1) is 5.56 Å². The molecule has 0 aliphatic heterocycles. The van der Waals surface area contributed by atoms with E-state index in [-0.39, 0.29) is 0 Å². The Labute approximate surface area is 189 Å². The molecular weight excluding hydrogens is 446 g/mol. The van der Waals surface area contributed by atoms with Gasteiger partial charge in [-0.1, -0.05) is 57.6 Å². The highest BCUT2D eigenvalue weighted by atomic mass is 19.3. The van der Waals surface area contributed by atoms with Crippen LogP contribution in [0.15, 0.2) is 36.4 Å². The number of aryl methyl sites for hydroxylation is 1. The quantitative estimate of drug-likeness (QED) is 0.323. The maximum Gasteiger partial charge on any atom is 0.426 e. The van der Waals surface area contributed by atoms with Crippen molar-refractivity contribution in [2.45, 2.75) is 71.0 Å². The number of rotatable bonds is 10. The Hall–Kier alpha value is -2.38. The van der Waals surface area contributed by atoms with Crippen LogP contribution in [-0.4, -0.2) is 6.61 Å². The minimum Gasteiger partial charge on any atom is -0.429 e. The molecule has 1 aliphatic rings. The van der Waals surface area contributed by atoms with Crippen molar-refractivity contribution in [3.05, 3.63) is 59.2 Å². The summed E-state index contributed by atoms with van der Waals surface area (Å²) in [5.74, 6) is -3.85. The molecule has 33 heavy (non-hydrogen) atoms. The average Bonchev–Trinajstić information content (AvgIpc) is 2.76. The number of hydrogen-bond donors (Lipinski definition) is 0. The van der Waals surface area contributed by atoms with Crippen LogP contribution in [0.3, 0.4) is 0 Å². The van der Waals surface area contributed by atoms with Crippen LogP contribution in [0, 0.1) is 23.5 Å². The molecule has 0 spiro atoms. The Morgan fingerprint density at radius 3 is 1.97 bits per heavy atom. The zero-order chi connectivity index (χ0) is 24.0. The lowest BCUT2D eigenvalue weighted by Crippen LogP contribution is -2.22. The molecule has 2 aromatic rings. The summed E-state index contributed by atoms with van der Waals surface area (Å²) in [6.45, 7) is -1.25. The number of benzene rings is 2. The predicted octanol–water partition coefficient (Wildman–Crippen LogP) is 8.23. The zero-order valence-electron chi connectivity index (χ0n) is 18.4. The molecule has 0 heterocycles. The molecule has 0 N–H and O–H groups in total. The molecule has 8 heteroatoms. The van der Waals surface area contributed by atoms with Gasteiger partial charge < -0.3 is 9.47 Å². The monoisotopic (exact) mass is 474 g/mol. The van der Waals surface area contributed by atoms with Gasteiger partial charge in [-0.05, 0) is 42.4 Å². The van der Waals surface area contributed by atoms with Crippen LogP contribution in [0.25, 0.3) is 0 Å². The fourth-order valence-electron chi connectivity index (χ4n) is 4.46. The molecule has 0 unspecified atom stereocenters. The summed E-state index contributed by atoms with van der Waals surface area (Å²) in [5.41, 5.74) is 0.441. The van der Waals surface area contributed by atoms with Gasteiger partial charge in [0.25, 0.3) is 0 Å². The molecule has 2 aromatic carbocycles. The number of alkyl halides is 4. The van der Waals surface area contributed by atoms with E-state index in [1.165, 1.54) is 50.7 Å². The molecule has 0 bridgehead atoms. The molecular formula is C25H28F6O2. The third-order valence-electron chi connectivity index (χ3n) is 6.22. The van der Waals surface area contributed by atoms with Gasteiger partial charge in [-0.15, -0.1) is 0 Å². The molecule has 3 rings (SSSR count). The first-order valence-corrected chi connectivity index (χ1v) is 11.3. The zero-order valence-corrected chi connectivity index (χ0v) is 18.4. The second-order valence-electron chi connectivity index (χ2n) is 8.62. The molecule has 0 aromatic heterocycles. The van der Waals surface area contributed by atoms with Crippen LogP contribution in [-0.2, 0) is 12.5 Å². The molecule has 0 radical (unpaired) electrons. The van der Waals surface area contributed by atoms with E-state index in [9.17, 15) is 26.3 Å². The Balaban J connectivity index is 1.57. The Morgan fingerprint density at radius 1 is 0.909 bits per heavy atom. The SMILES string of the molecule is CCCC1CCC(CCc2ccc(C(F)(F)Oc3cc(F)c(OC(F)F)c(F)c3)cc2)CC1. The van der Waals surface area contributed by atoms with Crippen LogP contribution < -0.4 is 9.47 Å². The molecule has 1 aliphatic carbocycles. The summed E-state index contributed by atoms with van der Waals surface area (Å²) in [7, 11) is 0. The topological polar surface area (TPSA) is 18.5 Å². The van der Waals surface area contributed by atoms with Crippen molar-refractivity contribution in [3.8, 4) is 11.5 Å². The lowest BCUT2D eigenvalue weighted by molar-refractivity contribution is -0.185. The summed E-state index contributed by atoms with van der Waals surface area (Å²) < 4.78 is 89.2. The van der Waals surface area contributed by atoms with Gasteiger partial charge >= 0.3 is 12.7 Å². The van der Waals surface area contributed by atoms with Crippen LogP contribution in [0.2, 0.25) is 0 Å². The molecule has 1 fully saturated rings. The predicted molar refractivity (Wildman–Crippen MR) is 113 cm³/mol.